The first kappa shape index (κ1) is 15.3. The summed E-state index contributed by atoms with van der Waals surface area (Å²) < 4.78 is 0. The van der Waals surface area contributed by atoms with E-state index in [0.717, 1.165) is 51.7 Å². The molecule has 2 aliphatic heterocycles. The molecule has 2 saturated heterocycles. The van der Waals surface area contributed by atoms with E-state index in [1.165, 1.54) is 0 Å². The van der Waals surface area contributed by atoms with E-state index in [1.54, 1.807) is 9.80 Å². The average Bonchev–Trinajstić information content (AvgIpc) is 2.62. The summed E-state index contributed by atoms with van der Waals surface area (Å²) >= 11 is 0. The Kier molecular flexibility index (Phi) is 5.02. The van der Waals surface area contributed by atoms with Crippen molar-refractivity contribution in [3.8, 4) is 0 Å². The summed E-state index contributed by atoms with van der Waals surface area (Å²) in [6.07, 6.45) is 4.80. The Morgan fingerprint density at radius 2 is 2.15 bits per heavy atom. The van der Waals surface area contributed by atoms with Gasteiger partial charge in [-0.1, -0.05) is 13.3 Å². The van der Waals surface area contributed by atoms with E-state index in [-0.39, 0.29) is 23.8 Å². The number of rotatable bonds is 3. The Morgan fingerprint density at radius 3 is 2.80 bits per heavy atom. The number of hydrogen-bond donors (Lipinski definition) is 1. The van der Waals surface area contributed by atoms with Crippen LogP contribution in [0.1, 0.15) is 39.0 Å². The third-order valence-electron chi connectivity index (χ3n) is 4.62. The highest BCUT2D eigenvalue weighted by Crippen LogP contribution is 2.34. The van der Waals surface area contributed by atoms with E-state index >= 15 is 0 Å². The van der Waals surface area contributed by atoms with E-state index in [0.29, 0.717) is 6.54 Å². The van der Waals surface area contributed by atoms with Crippen molar-refractivity contribution in [2.75, 3.05) is 39.8 Å². The first-order valence-corrected chi connectivity index (χ1v) is 7.83. The molecule has 0 radical (unpaired) electrons. The smallest absolute Gasteiger partial charge is 0.241 e. The predicted molar refractivity (Wildman–Crippen MR) is 78.3 cm³/mol. The second-order valence-electron chi connectivity index (χ2n) is 6.21. The Balaban J connectivity index is 2.12. The molecule has 0 aromatic carbocycles. The molecule has 2 heterocycles. The molecule has 5 nitrogen and oxygen atoms in total. The highest BCUT2D eigenvalue weighted by atomic mass is 16.2. The number of hydrogen-bond acceptors (Lipinski definition) is 3. The fourth-order valence-corrected chi connectivity index (χ4v) is 3.44. The van der Waals surface area contributed by atoms with Crippen molar-refractivity contribution in [1.82, 2.24) is 15.1 Å². The number of carbonyl (C=O) groups is 2. The molecule has 0 aliphatic carbocycles. The van der Waals surface area contributed by atoms with Crippen molar-refractivity contribution in [2.24, 2.45) is 5.41 Å². The summed E-state index contributed by atoms with van der Waals surface area (Å²) in [4.78, 5) is 28.5. The number of carbonyl (C=O) groups excluding carboxylic acids is 2. The minimum Gasteiger partial charge on any atom is -0.344 e. The van der Waals surface area contributed by atoms with Crippen LogP contribution in [0, 0.1) is 5.41 Å². The normalized spacial score (nSPS) is 28.4. The van der Waals surface area contributed by atoms with Crippen LogP contribution in [-0.4, -0.2) is 61.4 Å². The summed E-state index contributed by atoms with van der Waals surface area (Å²) in [7, 11) is 1.82. The van der Waals surface area contributed by atoms with Gasteiger partial charge in [0.05, 0.1) is 12.0 Å². The fourth-order valence-electron chi connectivity index (χ4n) is 3.44. The number of piperidine rings is 1. The van der Waals surface area contributed by atoms with Crippen molar-refractivity contribution in [1.29, 1.82) is 0 Å². The van der Waals surface area contributed by atoms with Gasteiger partial charge in [-0.05, 0) is 32.2 Å². The first-order valence-electron chi connectivity index (χ1n) is 7.83. The summed E-state index contributed by atoms with van der Waals surface area (Å²) in [5.74, 6) is 0.251. The average molecular weight is 281 g/mol. The molecule has 0 bridgehead atoms. The van der Waals surface area contributed by atoms with Crippen LogP contribution in [0.3, 0.4) is 0 Å². The largest absolute Gasteiger partial charge is 0.344 e. The Bertz CT molecular complexity index is 359. The Morgan fingerprint density at radius 1 is 1.35 bits per heavy atom. The lowest BCUT2D eigenvalue weighted by Gasteiger charge is -2.39. The standard InChI is InChI=1S/C15H27N3O2/c1-3-6-15(7-4-8-16-12-15)14(20)18-10-5-9-17(2)13(19)11-18/h16H,3-12H2,1-2H3. The van der Waals surface area contributed by atoms with Crippen LogP contribution < -0.4 is 5.32 Å². The summed E-state index contributed by atoms with van der Waals surface area (Å²) in [6.45, 7) is 5.61. The third kappa shape index (κ3) is 3.14. The van der Waals surface area contributed by atoms with Gasteiger partial charge in [-0.3, -0.25) is 9.59 Å². The molecule has 1 unspecified atom stereocenters. The molecule has 1 atom stereocenters. The zero-order valence-corrected chi connectivity index (χ0v) is 12.8. The molecule has 0 saturated carbocycles. The summed E-state index contributed by atoms with van der Waals surface area (Å²) in [5, 5.41) is 3.37. The number of nitrogens with one attached hydrogen (secondary N) is 1. The van der Waals surface area contributed by atoms with E-state index in [4.69, 9.17) is 0 Å². The monoisotopic (exact) mass is 281 g/mol. The maximum atomic E-state index is 13.0. The van der Waals surface area contributed by atoms with E-state index in [9.17, 15) is 9.59 Å². The molecular formula is C15H27N3O2. The van der Waals surface area contributed by atoms with Crippen LogP contribution >= 0.6 is 0 Å². The van der Waals surface area contributed by atoms with Crippen LogP contribution in [0.25, 0.3) is 0 Å². The van der Waals surface area contributed by atoms with Gasteiger partial charge in [-0.25, -0.2) is 0 Å². The van der Waals surface area contributed by atoms with Gasteiger partial charge in [-0.2, -0.15) is 0 Å². The molecule has 2 fully saturated rings. The SMILES string of the molecule is CCCC1(C(=O)N2CCCN(C)C(=O)C2)CCCNC1. The summed E-state index contributed by atoms with van der Waals surface area (Å²) in [6, 6.07) is 0. The van der Waals surface area contributed by atoms with Gasteiger partial charge in [-0.15, -0.1) is 0 Å². The highest BCUT2D eigenvalue weighted by molar-refractivity contribution is 5.88. The van der Waals surface area contributed by atoms with Crippen molar-refractivity contribution in [3.05, 3.63) is 0 Å². The number of amides is 2. The van der Waals surface area contributed by atoms with Gasteiger partial charge in [0, 0.05) is 26.7 Å². The maximum Gasteiger partial charge on any atom is 0.241 e. The van der Waals surface area contributed by atoms with Crippen molar-refractivity contribution in [2.45, 2.75) is 39.0 Å². The lowest BCUT2D eigenvalue weighted by Crippen LogP contribution is -2.53. The molecule has 2 rings (SSSR count). The first-order chi connectivity index (χ1) is 9.59. The predicted octanol–water partition coefficient (Wildman–Crippen LogP) is 0.847. The highest BCUT2D eigenvalue weighted by Gasteiger charge is 2.42. The van der Waals surface area contributed by atoms with Crippen molar-refractivity contribution in [3.63, 3.8) is 0 Å². The Hall–Kier alpha value is -1.10. The number of likely N-dealkylation sites (N-methyl/N-ethyl adjacent to an activating group) is 1. The molecular weight excluding hydrogens is 254 g/mol. The maximum absolute atomic E-state index is 13.0. The van der Waals surface area contributed by atoms with E-state index in [2.05, 4.69) is 12.2 Å². The van der Waals surface area contributed by atoms with Gasteiger partial charge in [0.2, 0.25) is 11.8 Å². The van der Waals surface area contributed by atoms with Crippen LogP contribution in [0.15, 0.2) is 0 Å². The molecule has 2 aliphatic rings. The minimum absolute atomic E-state index is 0.0614. The molecule has 114 valence electrons. The second-order valence-corrected chi connectivity index (χ2v) is 6.21. The third-order valence-corrected chi connectivity index (χ3v) is 4.62. The van der Waals surface area contributed by atoms with Gasteiger partial charge in [0.25, 0.3) is 0 Å². The fraction of sp³-hybridized carbons (Fsp3) is 0.867. The van der Waals surface area contributed by atoms with Crippen LogP contribution in [0.5, 0.6) is 0 Å². The van der Waals surface area contributed by atoms with Crippen molar-refractivity contribution >= 4 is 11.8 Å². The van der Waals surface area contributed by atoms with Gasteiger partial charge < -0.3 is 15.1 Å². The van der Waals surface area contributed by atoms with Crippen LogP contribution in [-0.2, 0) is 9.59 Å². The molecule has 0 aromatic heterocycles. The lowest BCUT2D eigenvalue weighted by atomic mass is 9.75. The topological polar surface area (TPSA) is 52.7 Å². The van der Waals surface area contributed by atoms with Crippen molar-refractivity contribution < 1.29 is 9.59 Å². The van der Waals surface area contributed by atoms with Crippen LogP contribution in [0.2, 0.25) is 0 Å². The quantitative estimate of drug-likeness (QED) is 0.834. The van der Waals surface area contributed by atoms with E-state index < -0.39 is 0 Å². The minimum atomic E-state index is -0.282. The summed E-state index contributed by atoms with van der Waals surface area (Å²) in [5.41, 5.74) is -0.282. The molecule has 5 heteroatoms. The zero-order chi connectivity index (χ0) is 14.6. The van der Waals surface area contributed by atoms with Gasteiger partial charge in [0.1, 0.15) is 0 Å². The Labute approximate surface area is 121 Å². The lowest BCUT2D eigenvalue weighted by molar-refractivity contribution is -0.147. The molecule has 1 N–H and O–H groups in total. The van der Waals surface area contributed by atoms with E-state index in [1.807, 2.05) is 7.05 Å². The van der Waals surface area contributed by atoms with Gasteiger partial charge >= 0.3 is 0 Å². The van der Waals surface area contributed by atoms with Gasteiger partial charge in [0.15, 0.2) is 0 Å². The molecule has 20 heavy (non-hydrogen) atoms. The number of nitrogens with zero attached hydrogens (tertiary/aromatic N) is 2. The second kappa shape index (κ2) is 6.57. The molecule has 2 amide bonds. The zero-order valence-electron chi connectivity index (χ0n) is 12.8. The van der Waals surface area contributed by atoms with Crippen LogP contribution in [0.4, 0.5) is 0 Å². The molecule has 0 aromatic rings. The molecule has 0 spiro atoms.